The number of fused-ring (bicyclic) bond motifs is 2. The minimum Gasteiger partial charge on any atom is -0.465 e. The zero-order valence-electron chi connectivity index (χ0n) is 24.3. The zero-order valence-corrected chi connectivity index (χ0v) is 25.9. The summed E-state index contributed by atoms with van der Waals surface area (Å²) >= 11 is 1.32. The first-order valence-electron chi connectivity index (χ1n) is 14.0. The maximum atomic E-state index is 13.8. The molecule has 4 heterocycles. The molecule has 0 aliphatic carbocycles. The lowest BCUT2D eigenvalue weighted by Crippen LogP contribution is -2.57. The van der Waals surface area contributed by atoms with E-state index in [4.69, 9.17) is 15.7 Å². The van der Waals surface area contributed by atoms with E-state index in [-0.39, 0.29) is 56.0 Å². The van der Waals surface area contributed by atoms with Crippen molar-refractivity contribution in [3.05, 3.63) is 45.4 Å². The predicted molar refractivity (Wildman–Crippen MR) is 161 cm³/mol. The maximum absolute atomic E-state index is 13.8. The second-order valence-electron chi connectivity index (χ2n) is 10.6. The van der Waals surface area contributed by atoms with E-state index in [1.54, 1.807) is 25.1 Å². The molecule has 5 N–H and O–H groups in total. The number of thiazole rings is 1. The average Bonchev–Trinajstić information content (AvgIpc) is 3.63. The lowest BCUT2D eigenvalue weighted by atomic mass is 10.1. The van der Waals surface area contributed by atoms with Gasteiger partial charge in [0.1, 0.15) is 11.6 Å². The number of H-pyrrole nitrogens is 1. The van der Waals surface area contributed by atoms with Crippen LogP contribution in [-0.2, 0) is 37.3 Å². The number of carbonyl (C=O) groups is 3. The molecule has 3 aromatic rings. The smallest absolute Gasteiger partial charge is 0.325 e. The quantitative estimate of drug-likeness (QED) is 0.0823. The summed E-state index contributed by atoms with van der Waals surface area (Å²) in [6.07, 6.45) is 0.494. The molecule has 1 fully saturated rings. The van der Waals surface area contributed by atoms with Crippen LogP contribution < -0.4 is 11.1 Å². The Morgan fingerprint density at radius 3 is 2.80 bits per heavy atom. The molecule has 0 saturated carbocycles. The summed E-state index contributed by atoms with van der Waals surface area (Å²) in [6, 6.07) is 5.44. The molecule has 0 spiro atoms. The third kappa shape index (κ3) is 6.54. The Labute approximate surface area is 257 Å². The molecule has 17 heteroatoms. The Morgan fingerprint density at radius 2 is 2.05 bits per heavy atom. The molecule has 0 bridgehead atoms. The third-order valence-electron chi connectivity index (χ3n) is 7.58. The number of hydrogen-bond acceptors (Lipinski definition) is 11. The van der Waals surface area contributed by atoms with E-state index < -0.39 is 27.9 Å². The molecule has 2 aliphatic rings. The van der Waals surface area contributed by atoms with Gasteiger partial charge in [-0.3, -0.25) is 14.4 Å². The Bertz CT molecular complexity index is 1720. The number of esters is 1. The minimum absolute atomic E-state index is 0.00637. The number of sulfonamides is 1. The number of ether oxygens (including phenoxy) is 1. The van der Waals surface area contributed by atoms with Crippen molar-refractivity contribution < 1.29 is 32.7 Å². The van der Waals surface area contributed by atoms with Crippen molar-refractivity contribution >= 4 is 55.9 Å². The van der Waals surface area contributed by atoms with Gasteiger partial charge in [0, 0.05) is 66.9 Å². The van der Waals surface area contributed by atoms with E-state index in [1.165, 1.54) is 26.6 Å². The van der Waals surface area contributed by atoms with Gasteiger partial charge >= 0.3 is 5.97 Å². The Hall–Kier alpha value is -4.06. The van der Waals surface area contributed by atoms with Gasteiger partial charge in [-0.2, -0.15) is 4.31 Å². The molecule has 1 aromatic carbocycles. The molecule has 1 unspecified atom stereocenters. The molecule has 5 rings (SSSR count). The van der Waals surface area contributed by atoms with Crippen LogP contribution >= 0.6 is 11.3 Å². The number of nitrogens with one attached hydrogen (secondary N) is 2. The number of amides is 2. The van der Waals surface area contributed by atoms with Crippen LogP contribution in [-0.4, -0.2) is 114 Å². The van der Waals surface area contributed by atoms with E-state index in [2.05, 4.69) is 25.3 Å². The van der Waals surface area contributed by atoms with E-state index >= 15 is 0 Å². The largest absolute Gasteiger partial charge is 0.465 e. The van der Waals surface area contributed by atoms with Crippen LogP contribution in [0.5, 0.6) is 0 Å². The standard InChI is InChI=1S/C27H34N8O7S2/c1-3-42-24(37)13-29-22(36)12-18-14-34(8-9-35(18)27(38)26-31-20-6-7-33(2)15-21(20)43-26)44(40,41)23-11-17-10-16(25(28)32-39)4-5-19(17)30-23/h4-5,10-11,18,30,39H,3,6-9,12-15H2,1-2H3,(H2,28,32)(H,29,36). The van der Waals surface area contributed by atoms with Crippen molar-refractivity contribution in [2.45, 2.75) is 37.4 Å². The highest BCUT2D eigenvalue weighted by Gasteiger charge is 2.39. The fourth-order valence-electron chi connectivity index (χ4n) is 5.29. The summed E-state index contributed by atoms with van der Waals surface area (Å²) in [7, 11) is -2.08. The van der Waals surface area contributed by atoms with Crippen LogP contribution in [0.3, 0.4) is 0 Å². The average molecular weight is 647 g/mol. The predicted octanol–water partition coefficient (Wildman–Crippen LogP) is 0.292. The third-order valence-corrected chi connectivity index (χ3v) is 10.4. The van der Waals surface area contributed by atoms with Crippen LogP contribution in [0.4, 0.5) is 0 Å². The molecule has 44 heavy (non-hydrogen) atoms. The number of amidine groups is 1. The van der Waals surface area contributed by atoms with Crippen molar-refractivity contribution in [2.24, 2.45) is 10.9 Å². The lowest BCUT2D eigenvalue weighted by molar-refractivity contribution is -0.143. The summed E-state index contributed by atoms with van der Waals surface area (Å²) in [5.41, 5.74) is 7.51. The van der Waals surface area contributed by atoms with Gasteiger partial charge in [0.05, 0.1) is 18.3 Å². The Balaban J connectivity index is 1.39. The van der Waals surface area contributed by atoms with Gasteiger partial charge < -0.3 is 35.8 Å². The summed E-state index contributed by atoms with van der Waals surface area (Å²) < 4.78 is 33.7. The number of oxime groups is 1. The van der Waals surface area contributed by atoms with Crippen LogP contribution in [0, 0.1) is 0 Å². The molecule has 2 aromatic heterocycles. The molecule has 1 saturated heterocycles. The number of likely N-dealkylation sites (N-methyl/N-ethyl adjacent to an activating group) is 1. The molecule has 2 amide bonds. The number of benzene rings is 1. The van der Waals surface area contributed by atoms with Gasteiger partial charge in [-0.15, -0.1) is 11.3 Å². The first kappa shape index (κ1) is 31.4. The SMILES string of the molecule is CCOC(=O)CNC(=O)CC1CN(S(=O)(=O)c2cc3cc(C(N)=NO)ccc3[nH]2)CCN1C(=O)c1nc2c(s1)CN(C)CC2. The van der Waals surface area contributed by atoms with Crippen LogP contribution in [0.15, 0.2) is 34.4 Å². The summed E-state index contributed by atoms with van der Waals surface area (Å²) in [6.45, 7) is 2.87. The Morgan fingerprint density at radius 1 is 1.25 bits per heavy atom. The summed E-state index contributed by atoms with van der Waals surface area (Å²) in [5, 5.41) is 15.2. The van der Waals surface area contributed by atoms with Gasteiger partial charge in [0.25, 0.3) is 15.9 Å². The van der Waals surface area contributed by atoms with Gasteiger partial charge in [-0.25, -0.2) is 13.4 Å². The second-order valence-corrected chi connectivity index (χ2v) is 13.6. The fourth-order valence-corrected chi connectivity index (χ4v) is 7.92. The zero-order chi connectivity index (χ0) is 31.6. The molecule has 15 nitrogen and oxygen atoms in total. The number of hydrogen-bond donors (Lipinski definition) is 4. The van der Waals surface area contributed by atoms with Gasteiger partial charge in [-0.1, -0.05) is 5.16 Å². The number of nitrogens with zero attached hydrogens (tertiary/aromatic N) is 5. The fraction of sp³-hybridized carbons (Fsp3) is 0.444. The van der Waals surface area contributed by atoms with Gasteiger partial charge in [0.2, 0.25) is 5.91 Å². The number of piperazine rings is 1. The highest BCUT2D eigenvalue weighted by Crippen LogP contribution is 2.29. The molecular formula is C27H34N8O7S2. The van der Waals surface area contributed by atoms with E-state index in [0.29, 0.717) is 28.0 Å². The number of nitrogens with two attached hydrogens (primary N) is 1. The van der Waals surface area contributed by atoms with Crippen LogP contribution in [0.25, 0.3) is 10.9 Å². The lowest BCUT2D eigenvalue weighted by Gasteiger charge is -2.40. The van der Waals surface area contributed by atoms with E-state index in [0.717, 1.165) is 23.5 Å². The van der Waals surface area contributed by atoms with Crippen molar-refractivity contribution in [2.75, 3.05) is 46.4 Å². The van der Waals surface area contributed by atoms with E-state index in [9.17, 15) is 22.8 Å². The van der Waals surface area contributed by atoms with Gasteiger partial charge in [-0.05, 0) is 38.2 Å². The highest BCUT2D eigenvalue weighted by atomic mass is 32.2. The normalized spacial score (nSPS) is 18.3. The summed E-state index contributed by atoms with van der Waals surface area (Å²) in [5.74, 6) is -1.61. The Kier molecular flexibility index (Phi) is 9.19. The van der Waals surface area contributed by atoms with Crippen molar-refractivity contribution in [3.8, 4) is 0 Å². The monoisotopic (exact) mass is 646 g/mol. The minimum atomic E-state index is -4.08. The van der Waals surface area contributed by atoms with Crippen LogP contribution in [0.2, 0.25) is 0 Å². The first-order valence-corrected chi connectivity index (χ1v) is 16.3. The van der Waals surface area contributed by atoms with Crippen LogP contribution in [0.1, 0.15) is 39.3 Å². The number of aromatic nitrogens is 2. The van der Waals surface area contributed by atoms with Crippen molar-refractivity contribution in [1.82, 2.24) is 29.4 Å². The number of rotatable bonds is 9. The number of carbonyl (C=O) groups excluding carboxylic acids is 3. The maximum Gasteiger partial charge on any atom is 0.325 e. The molecule has 1 atom stereocenters. The molecular weight excluding hydrogens is 612 g/mol. The first-order chi connectivity index (χ1) is 21.0. The molecule has 236 valence electrons. The topological polar surface area (TPSA) is 204 Å². The summed E-state index contributed by atoms with van der Waals surface area (Å²) in [4.78, 5) is 50.6. The van der Waals surface area contributed by atoms with E-state index in [1.807, 2.05) is 7.05 Å². The van der Waals surface area contributed by atoms with Crippen molar-refractivity contribution in [1.29, 1.82) is 0 Å². The number of aromatic amines is 1. The van der Waals surface area contributed by atoms with Crippen molar-refractivity contribution in [3.63, 3.8) is 0 Å². The van der Waals surface area contributed by atoms with Gasteiger partial charge in [0.15, 0.2) is 10.8 Å². The highest BCUT2D eigenvalue weighted by molar-refractivity contribution is 7.89. The molecule has 2 aliphatic heterocycles. The molecule has 0 radical (unpaired) electrons. The second kappa shape index (κ2) is 12.9.